The van der Waals surface area contributed by atoms with Crippen molar-refractivity contribution < 1.29 is 15.0 Å². The van der Waals surface area contributed by atoms with E-state index in [4.69, 9.17) is 5.73 Å². The number of hydrogen-bond donors (Lipinski definition) is 3. The van der Waals surface area contributed by atoms with Crippen LogP contribution in [0, 0.1) is 0 Å². The molecule has 1 heterocycles. The second kappa shape index (κ2) is 9.97. The van der Waals surface area contributed by atoms with Crippen molar-refractivity contribution in [3.8, 4) is 11.1 Å². The Balaban J connectivity index is 1.97. The fraction of sp³-hybridized carbons (Fsp3) is 0.476. The highest BCUT2D eigenvalue weighted by molar-refractivity contribution is 7.12. The summed E-state index contributed by atoms with van der Waals surface area (Å²) in [6, 6.07) is 10.1. The molecule has 4 nitrogen and oxygen atoms in total. The quantitative estimate of drug-likeness (QED) is 0.412. The van der Waals surface area contributed by atoms with Crippen molar-refractivity contribution in [1.82, 2.24) is 0 Å². The Morgan fingerprint density at radius 3 is 2.42 bits per heavy atom. The lowest BCUT2D eigenvalue weighted by Crippen LogP contribution is -2.47. The smallest absolute Gasteiger partial charge is 0.172 e. The Bertz CT molecular complexity index is 690. The number of carbonyl (C=O) groups excluding carboxylic acids is 1. The topological polar surface area (TPSA) is 83.6 Å². The van der Waals surface area contributed by atoms with Crippen LogP contribution in [0.25, 0.3) is 11.1 Å². The third-order valence-corrected chi connectivity index (χ3v) is 5.68. The SMILES string of the molecule is CCCCCC(=O)c1cc(-c2ccc(CCC(N)(CO)CO)cc2)cs1. The monoisotopic (exact) mass is 375 g/mol. The van der Waals surface area contributed by atoms with Gasteiger partial charge in [0, 0.05) is 6.42 Å². The Hall–Kier alpha value is -1.53. The maximum Gasteiger partial charge on any atom is 0.172 e. The molecule has 0 saturated heterocycles. The van der Waals surface area contributed by atoms with E-state index >= 15 is 0 Å². The van der Waals surface area contributed by atoms with Gasteiger partial charge in [0.25, 0.3) is 0 Å². The first kappa shape index (κ1) is 20.8. The molecule has 0 spiro atoms. The van der Waals surface area contributed by atoms with E-state index in [-0.39, 0.29) is 19.0 Å². The van der Waals surface area contributed by atoms with Crippen molar-refractivity contribution in [2.24, 2.45) is 5.73 Å². The summed E-state index contributed by atoms with van der Waals surface area (Å²) in [4.78, 5) is 13.0. The molecule has 0 bridgehead atoms. The normalized spacial score (nSPS) is 11.7. The third kappa shape index (κ3) is 5.74. The van der Waals surface area contributed by atoms with Crippen molar-refractivity contribution >= 4 is 17.1 Å². The first-order valence-corrected chi connectivity index (χ1v) is 10.1. The second-order valence-electron chi connectivity index (χ2n) is 6.96. The average Bonchev–Trinajstić information content (AvgIpc) is 3.17. The first-order chi connectivity index (χ1) is 12.5. The molecule has 0 saturated carbocycles. The number of unbranched alkanes of at least 4 members (excludes halogenated alkanes) is 2. The van der Waals surface area contributed by atoms with Gasteiger partial charge in [0.15, 0.2) is 5.78 Å². The van der Waals surface area contributed by atoms with Crippen LogP contribution < -0.4 is 5.73 Å². The lowest BCUT2D eigenvalue weighted by atomic mass is 9.93. The molecule has 2 aromatic rings. The van der Waals surface area contributed by atoms with Crippen LogP contribution in [0.1, 0.15) is 54.3 Å². The minimum atomic E-state index is -0.931. The highest BCUT2D eigenvalue weighted by Crippen LogP contribution is 2.27. The molecular weight excluding hydrogens is 346 g/mol. The van der Waals surface area contributed by atoms with Gasteiger partial charge < -0.3 is 15.9 Å². The molecule has 0 aliphatic carbocycles. The number of rotatable bonds is 11. The van der Waals surface area contributed by atoms with Gasteiger partial charge in [-0.3, -0.25) is 4.79 Å². The van der Waals surface area contributed by atoms with Gasteiger partial charge >= 0.3 is 0 Å². The molecule has 2 rings (SSSR count). The summed E-state index contributed by atoms with van der Waals surface area (Å²) < 4.78 is 0. The fourth-order valence-electron chi connectivity index (χ4n) is 2.76. The molecule has 1 aromatic heterocycles. The highest BCUT2D eigenvalue weighted by Gasteiger charge is 2.22. The predicted octanol–water partition coefficient (Wildman–Crippen LogP) is 3.79. The minimum absolute atomic E-state index is 0.231. The molecule has 26 heavy (non-hydrogen) atoms. The summed E-state index contributed by atoms with van der Waals surface area (Å²) in [7, 11) is 0. The minimum Gasteiger partial charge on any atom is -0.394 e. The van der Waals surface area contributed by atoms with E-state index in [1.54, 1.807) is 0 Å². The maximum absolute atomic E-state index is 12.2. The van der Waals surface area contributed by atoms with E-state index in [2.05, 4.69) is 6.92 Å². The van der Waals surface area contributed by atoms with Crippen LogP contribution >= 0.6 is 11.3 Å². The van der Waals surface area contributed by atoms with Crippen LogP contribution in [0.15, 0.2) is 35.7 Å². The van der Waals surface area contributed by atoms with Gasteiger partial charge in [0.1, 0.15) is 0 Å². The standard InChI is InChI=1S/C21H29NO3S/c1-2-3-4-5-19(25)20-12-18(13-26-20)17-8-6-16(7-9-17)10-11-21(22,14-23)15-24/h6-9,12-13,23-24H,2-5,10-11,14-15,22H2,1H3. The number of aliphatic hydroxyl groups is 2. The average molecular weight is 376 g/mol. The Morgan fingerprint density at radius 1 is 1.12 bits per heavy atom. The Morgan fingerprint density at radius 2 is 1.81 bits per heavy atom. The zero-order valence-electron chi connectivity index (χ0n) is 15.4. The molecule has 0 aliphatic rings. The summed E-state index contributed by atoms with van der Waals surface area (Å²) >= 11 is 1.51. The van der Waals surface area contributed by atoms with E-state index in [0.717, 1.165) is 40.8 Å². The summed E-state index contributed by atoms with van der Waals surface area (Å²) in [5.74, 6) is 0.235. The molecule has 0 radical (unpaired) electrons. The van der Waals surface area contributed by atoms with Gasteiger partial charge in [-0.15, -0.1) is 11.3 Å². The largest absolute Gasteiger partial charge is 0.394 e. The van der Waals surface area contributed by atoms with Gasteiger partial charge in [-0.25, -0.2) is 0 Å². The van der Waals surface area contributed by atoms with Crippen molar-refractivity contribution in [2.75, 3.05) is 13.2 Å². The van der Waals surface area contributed by atoms with E-state index in [1.807, 2.05) is 35.7 Å². The molecular formula is C21H29NO3S. The van der Waals surface area contributed by atoms with Gasteiger partial charge in [-0.1, -0.05) is 44.0 Å². The van der Waals surface area contributed by atoms with Gasteiger partial charge in [0.05, 0.1) is 23.6 Å². The molecule has 0 aliphatic heterocycles. The number of Topliss-reactive ketones (excluding diaryl/α,β-unsaturated/α-hetero) is 1. The van der Waals surface area contributed by atoms with Crippen LogP contribution in [0.3, 0.4) is 0 Å². The van der Waals surface area contributed by atoms with Gasteiger partial charge in [-0.05, 0) is 47.4 Å². The van der Waals surface area contributed by atoms with Crippen LogP contribution in [0.2, 0.25) is 0 Å². The molecule has 4 N–H and O–H groups in total. The number of aryl methyl sites for hydroxylation is 1. The van der Waals surface area contributed by atoms with E-state index in [1.165, 1.54) is 11.3 Å². The van der Waals surface area contributed by atoms with Crippen LogP contribution in [-0.4, -0.2) is 34.7 Å². The first-order valence-electron chi connectivity index (χ1n) is 9.23. The van der Waals surface area contributed by atoms with Crippen LogP contribution in [0.4, 0.5) is 0 Å². The second-order valence-corrected chi connectivity index (χ2v) is 7.87. The van der Waals surface area contributed by atoms with Crippen molar-refractivity contribution in [3.05, 3.63) is 46.2 Å². The molecule has 5 heteroatoms. The summed E-state index contributed by atoms with van der Waals surface area (Å²) in [6.07, 6.45) is 5.03. The van der Waals surface area contributed by atoms with Crippen molar-refractivity contribution in [1.29, 1.82) is 0 Å². The molecule has 0 amide bonds. The zero-order chi connectivity index (χ0) is 19.0. The molecule has 1 aromatic carbocycles. The third-order valence-electron chi connectivity index (χ3n) is 4.71. The molecule has 142 valence electrons. The van der Waals surface area contributed by atoms with Crippen LogP contribution in [0.5, 0.6) is 0 Å². The van der Waals surface area contributed by atoms with Gasteiger partial charge in [0.2, 0.25) is 0 Å². The fourth-order valence-corrected chi connectivity index (χ4v) is 3.64. The van der Waals surface area contributed by atoms with Crippen molar-refractivity contribution in [3.63, 3.8) is 0 Å². The molecule has 0 fully saturated rings. The lowest BCUT2D eigenvalue weighted by molar-refractivity contribution is 0.0983. The summed E-state index contributed by atoms with van der Waals surface area (Å²) in [5.41, 5.74) is 8.24. The van der Waals surface area contributed by atoms with E-state index in [0.29, 0.717) is 19.3 Å². The highest BCUT2D eigenvalue weighted by atomic mass is 32.1. The number of thiophene rings is 1. The summed E-state index contributed by atoms with van der Waals surface area (Å²) in [5, 5.41) is 20.6. The van der Waals surface area contributed by atoms with E-state index < -0.39 is 5.54 Å². The van der Waals surface area contributed by atoms with Crippen molar-refractivity contribution in [2.45, 2.75) is 51.0 Å². The number of benzene rings is 1. The number of ketones is 1. The maximum atomic E-state index is 12.2. The number of carbonyl (C=O) groups is 1. The Labute approximate surface area is 159 Å². The predicted molar refractivity (Wildman–Crippen MR) is 108 cm³/mol. The number of aliphatic hydroxyl groups excluding tert-OH is 2. The van der Waals surface area contributed by atoms with Crippen LogP contribution in [-0.2, 0) is 6.42 Å². The van der Waals surface area contributed by atoms with E-state index in [9.17, 15) is 15.0 Å². The summed E-state index contributed by atoms with van der Waals surface area (Å²) in [6.45, 7) is 1.68. The Kier molecular flexibility index (Phi) is 7.97. The zero-order valence-corrected chi connectivity index (χ0v) is 16.2. The molecule has 0 unspecified atom stereocenters. The lowest BCUT2D eigenvalue weighted by Gasteiger charge is -2.24. The molecule has 0 atom stereocenters. The van der Waals surface area contributed by atoms with Gasteiger partial charge in [-0.2, -0.15) is 0 Å². The number of hydrogen-bond acceptors (Lipinski definition) is 5. The number of nitrogens with two attached hydrogens (primary N) is 1.